The van der Waals surface area contributed by atoms with Crippen molar-refractivity contribution in [2.45, 2.75) is 76.7 Å². The van der Waals surface area contributed by atoms with Crippen molar-refractivity contribution in [3.05, 3.63) is 30.1 Å². The minimum atomic E-state index is -0.609. The van der Waals surface area contributed by atoms with Crippen LogP contribution >= 0.6 is 0 Å². The summed E-state index contributed by atoms with van der Waals surface area (Å²) >= 11 is 0. The van der Waals surface area contributed by atoms with Crippen LogP contribution < -0.4 is 0 Å². The van der Waals surface area contributed by atoms with E-state index in [1.807, 2.05) is 18.3 Å². The monoisotopic (exact) mass is 400 g/mol. The van der Waals surface area contributed by atoms with Crippen molar-refractivity contribution in [2.75, 3.05) is 13.2 Å². The van der Waals surface area contributed by atoms with Gasteiger partial charge in [0.05, 0.1) is 6.61 Å². The summed E-state index contributed by atoms with van der Waals surface area (Å²) in [7, 11) is 0. The van der Waals surface area contributed by atoms with Gasteiger partial charge >= 0.3 is 5.97 Å². The van der Waals surface area contributed by atoms with Crippen LogP contribution in [0.3, 0.4) is 0 Å². The van der Waals surface area contributed by atoms with Crippen molar-refractivity contribution in [1.82, 2.24) is 9.88 Å². The molecule has 1 saturated carbocycles. The zero-order valence-corrected chi connectivity index (χ0v) is 17.2. The summed E-state index contributed by atoms with van der Waals surface area (Å²) in [4.78, 5) is 43.6. The Morgan fingerprint density at radius 1 is 1.03 bits per heavy atom. The Hall–Kier alpha value is -2.24. The zero-order valence-electron chi connectivity index (χ0n) is 17.2. The zero-order chi connectivity index (χ0) is 20.5. The first-order valence-electron chi connectivity index (χ1n) is 11.1. The molecule has 1 aromatic rings. The van der Waals surface area contributed by atoms with Crippen LogP contribution in [0, 0.1) is 5.92 Å². The fourth-order valence-corrected chi connectivity index (χ4v) is 4.35. The first-order valence-corrected chi connectivity index (χ1v) is 11.1. The normalized spacial score (nSPS) is 20.3. The van der Waals surface area contributed by atoms with E-state index >= 15 is 0 Å². The minimum absolute atomic E-state index is 0.165. The molecule has 6 nitrogen and oxygen atoms in total. The van der Waals surface area contributed by atoms with E-state index in [-0.39, 0.29) is 17.7 Å². The lowest BCUT2D eigenvalue weighted by molar-refractivity contribution is -0.160. The van der Waals surface area contributed by atoms with Gasteiger partial charge in [-0.05, 0) is 63.0 Å². The number of likely N-dealkylation sites (tertiary alicyclic amines) is 1. The van der Waals surface area contributed by atoms with Gasteiger partial charge in [0.15, 0.2) is 0 Å². The first-order chi connectivity index (χ1) is 14.2. The lowest BCUT2D eigenvalue weighted by Crippen LogP contribution is -2.52. The van der Waals surface area contributed by atoms with Gasteiger partial charge in [-0.2, -0.15) is 0 Å². The molecular weight excluding hydrogens is 368 g/mol. The molecule has 2 fully saturated rings. The Labute approximate surface area is 173 Å². The van der Waals surface area contributed by atoms with Crippen molar-refractivity contribution in [2.24, 2.45) is 5.92 Å². The molecular formula is C23H32N2O4. The number of piperidine rings is 1. The topological polar surface area (TPSA) is 76.6 Å². The number of rotatable bonds is 8. The van der Waals surface area contributed by atoms with Crippen molar-refractivity contribution in [3.63, 3.8) is 0 Å². The van der Waals surface area contributed by atoms with Crippen molar-refractivity contribution >= 4 is 17.7 Å². The second kappa shape index (κ2) is 11.1. The molecule has 1 amide bonds. The van der Waals surface area contributed by atoms with Crippen LogP contribution in [0.2, 0.25) is 0 Å². The quantitative estimate of drug-likeness (QED) is 0.379. The van der Waals surface area contributed by atoms with Crippen LogP contribution in [0.25, 0.3) is 0 Å². The van der Waals surface area contributed by atoms with Gasteiger partial charge in [0.1, 0.15) is 6.04 Å². The van der Waals surface area contributed by atoms with Gasteiger partial charge in [-0.15, -0.1) is 0 Å². The fraction of sp³-hybridized carbons (Fsp3) is 0.652. The molecule has 1 atom stereocenters. The molecule has 1 aromatic heterocycles. The summed E-state index contributed by atoms with van der Waals surface area (Å²) in [6, 6.07) is 3.34. The highest BCUT2D eigenvalue weighted by molar-refractivity contribution is 6.37. The second-order valence-corrected chi connectivity index (χ2v) is 8.20. The van der Waals surface area contributed by atoms with E-state index in [0.29, 0.717) is 19.6 Å². The molecule has 1 saturated heterocycles. The highest BCUT2D eigenvalue weighted by Gasteiger charge is 2.38. The SMILES string of the molecule is O=C(C(=O)N1CCCC[C@H]1C(=O)OCCCCc1cccnc1)C1CCCCC1. The fourth-order valence-electron chi connectivity index (χ4n) is 4.35. The van der Waals surface area contributed by atoms with Gasteiger partial charge in [0.25, 0.3) is 5.91 Å². The number of Topliss-reactive ketones (excluding diaryl/α,β-unsaturated/α-hetero) is 1. The number of aromatic nitrogens is 1. The lowest BCUT2D eigenvalue weighted by Gasteiger charge is -2.34. The van der Waals surface area contributed by atoms with Crippen LogP contribution in [0.1, 0.15) is 69.8 Å². The average molecular weight is 401 g/mol. The molecule has 2 aliphatic rings. The maximum atomic E-state index is 12.8. The molecule has 0 aromatic carbocycles. The minimum Gasteiger partial charge on any atom is -0.464 e. The maximum Gasteiger partial charge on any atom is 0.328 e. The van der Waals surface area contributed by atoms with Gasteiger partial charge in [-0.25, -0.2) is 4.79 Å². The Morgan fingerprint density at radius 2 is 1.83 bits per heavy atom. The number of carbonyl (C=O) groups excluding carboxylic acids is 3. The smallest absolute Gasteiger partial charge is 0.328 e. The molecule has 0 radical (unpaired) electrons. The van der Waals surface area contributed by atoms with Crippen LogP contribution in [-0.2, 0) is 25.5 Å². The summed E-state index contributed by atoms with van der Waals surface area (Å²) in [5.41, 5.74) is 1.17. The molecule has 2 heterocycles. The van der Waals surface area contributed by atoms with Crippen molar-refractivity contribution in [1.29, 1.82) is 0 Å². The van der Waals surface area contributed by atoms with Gasteiger partial charge in [0.2, 0.25) is 5.78 Å². The number of hydrogen-bond acceptors (Lipinski definition) is 5. The van der Waals surface area contributed by atoms with Crippen LogP contribution in [0.15, 0.2) is 24.5 Å². The molecule has 0 spiro atoms. The summed E-state index contributed by atoms with van der Waals surface area (Å²) < 4.78 is 5.47. The number of ether oxygens (including phenoxy) is 1. The molecule has 3 rings (SSSR count). The highest BCUT2D eigenvalue weighted by Crippen LogP contribution is 2.26. The number of carbonyl (C=O) groups is 3. The van der Waals surface area contributed by atoms with Crippen LogP contribution in [0.5, 0.6) is 0 Å². The third kappa shape index (κ3) is 6.12. The largest absolute Gasteiger partial charge is 0.464 e. The Balaban J connectivity index is 1.45. The predicted octanol–water partition coefficient (Wildman–Crippen LogP) is 3.48. The number of ketones is 1. The van der Waals surface area contributed by atoms with Gasteiger partial charge in [0, 0.05) is 24.9 Å². The van der Waals surface area contributed by atoms with Gasteiger partial charge in [-0.1, -0.05) is 25.3 Å². The van der Waals surface area contributed by atoms with Gasteiger partial charge in [-0.3, -0.25) is 14.6 Å². The molecule has 1 aliphatic carbocycles. The van der Waals surface area contributed by atoms with Crippen LogP contribution in [-0.4, -0.2) is 46.7 Å². The number of nitrogens with zero attached hydrogens (tertiary/aromatic N) is 2. The Bertz CT molecular complexity index is 685. The standard InChI is InChI=1S/C23H32N2O4/c26-21(19-11-2-1-3-12-19)22(27)25-15-6-4-13-20(25)23(28)29-16-7-5-9-18-10-8-14-24-17-18/h8,10,14,17,19-20H,1-7,9,11-13,15-16H2/t20-/m0/s1. The number of amides is 1. The molecule has 0 unspecified atom stereocenters. The van der Waals surface area contributed by atoms with E-state index in [9.17, 15) is 14.4 Å². The molecule has 0 N–H and O–H groups in total. The highest BCUT2D eigenvalue weighted by atomic mass is 16.5. The Morgan fingerprint density at radius 3 is 2.59 bits per heavy atom. The summed E-state index contributed by atoms with van der Waals surface area (Å²) in [6.45, 7) is 0.812. The summed E-state index contributed by atoms with van der Waals surface area (Å²) in [5, 5.41) is 0. The third-order valence-corrected chi connectivity index (χ3v) is 6.05. The van der Waals surface area contributed by atoms with E-state index in [1.54, 1.807) is 6.20 Å². The van der Waals surface area contributed by atoms with E-state index < -0.39 is 11.9 Å². The number of hydrogen-bond donors (Lipinski definition) is 0. The van der Waals surface area contributed by atoms with Crippen LogP contribution in [0.4, 0.5) is 0 Å². The molecule has 29 heavy (non-hydrogen) atoms. The van der Waals surface area contributed by atoms with E-state index in [2.05, 4.69) is 4.98 Å². The van der Waals surface area contributed by atoms with E-state index in [1.165, 1.54) is 10.5 Å². The van der Waals surface area contributed by atoms with Crippen molar-refractivity contribution in [3.8, 4) is 0 Å². The lowest BCUT2D eigenvalue weighted by atomic mass is 9.85. The number of aryl methyl sites for hydroxylation is 1. The molecule has 0 bridgehead atoms. The number of esters is 1. The van der Waals surface area contributed by atoms with Crippen molar-refractivity contribution < 1.29 is 19.1 Å². The number of pyridine rings is 1. The molecule has 158 valence electrons. The molecule has 6 heteroatoms. The second-order valence-electron chi connectivity index (χ2n) is 8.20. The Kier molecular flexibility index (Phi) is 8.20. The van der Waals surface area contributed by atoms with Gasteiger partial charge < -0.3 is 9.64 Å². The first kappa shape index (κ1) is 21.5. The predicted molar refractivity (Wildman–Crippen MR) is 109 cm³/mol. The maximum absolute atomic E-state index is 12.8. The summed E-state index contributed by atoms with van der Waals surface area (Å²) in [6.07, 6.45) is 13.2. The molecule has 1 aliphatic heterocycles. The third-order valence-electron chi connectivity index (χ3n) is 6.05. The number of unbranched alkanes of at least 4 members (excludes halogenated alkanes) is 1. The summed E-state index contributed by atoms with van der Waals surface area (Å²) in [5.74, 6) is -1.31. The average Bonchev–Trinajstić information content (AvgIpc) is 2.79. The van der Waals surface area contributed by atoms with E-state index in [0.717, 1.165) is 64.2 Å². The van der Waals surface area contributed by atoms with E-state index in [4.69, 9.17) is 4.74 Å².